The Kier molecular flexibility index (Phi) is 3.86. The van der Waals surface area contributed by atoms with Crippen LogP contribution in [-0.2, 0) is 14.3 Å². The second kappa shape index (κ2) is 4.73. The highest BCUT2D eigenvalue weighted by Crippen LogP contribution is 2.21. The number of alkyl halides is 1. The van der Waals surface area contributed by atoms with E-state index in [0.717, 1.165) is 12.8 Å². The van der Waals surface area contributed by atoms with Crippen LogP contribution in [0.2, 0.25) is 0 Å². The maximum atomic E-state index is 13.4. The topological polar surface area (TPSA) is 35.5 Å². The first-order chi connectivity index (χ1) is 6.56. The summed E-state index contributed by atoms with van der Waals surface area (Å²) in [6, 6.07) is 0. The van der Waals surface area contributed by atoms with Crippen molar-refractivity contribution in [3.05, 3.63) is 0 Å². The number of hydrogen-bond acceptors (Lipinski definition) is 3. The van der Waals surface area contributed by atoms with Gasteiger partial charge in [-0.05, 0) is 26.2 Å². The summed E-state index contributed by atoms with van der Waals surface area (Å²) in [5.74, 6) is -0.813. The standard InChI is InChI=1S/C10H17FO3/c1-3-10(2,11)9(12)14-8-6-4-5-7-13-8/h8H,3-7H2,1-2H3. The lowest BCUT2D eigenvalue weighted by Crippen LogP contribution is -2.36. The molecule has 4 heteroatoms. The van der Waals surface area contributed by atoms with Crippen LogP contribution >= 0.6 is 0 Å². The van der Waals surface area contributed by atoms with E-state index in [2.05, 4.69) is 0 Å². The van der Waals surface area contributed by atoms with Gasteiger partial charge in [0.15, 0.2) is 0 Å². The lowest BCUT2D eigenvalue weighted by molar-refractivity contribution is -0.198. The molecular weight excluding hydrogens is 187 g/mol. The van der Waals surface area contributed by atoms with Gasteiger partial charge in [-0.1, -0.05) is 6.92 Å². The average Bonchev–Trinajstić information content (AvgIpc) is 2.19. The van der Waals surface area contributed by atoms with Crippen molar-refractivity contribution < 1.29 is 18.7 Å². The van der Waals surface area contributed by atoms with Gasteiger partial charge in [-0.25, -0.2) is 9.18 Å². The molecule has 1 saturated heterocycles. The molecule has 2 atom stereocenters. The monoisotopic (exact) mass is 204 g/mol. The molecule has 0 amide bonds. The van der Waals surface area contributed by atoms with Gasteiger partial charge in [0.05, 0.1) is 6.61 Å². The van der Waals surface area contributed by atoms with Gasteiger partial charge < -0.3 is 9.47 Å². The van der Waals surface area contributed by atoms with Crippen LogP contribution in [0.1, 0.15) is 39.5 Å². The zero-order valence-electron chi connectivity index (χ0n) is 8.72. The van der Waals surface area contributed by atoms with Gasteiger partial charge in [0, 0.05) is 6.42 Å². The first-order valence-corrected chi connectivity index (χ1v) is 5.08. The maximum Gasteiger partial charge on any atom is 0.345 e. The van der Waals surface area contributed by atoms with Crippen molar-refractivity contribution in [1.82, 2.24) is 0 Å². The molecule has 3 nitrogen and oxygen atoms in total. The Balaban J connectivity index is 2.39. The van der Waals surface area contributed by atoms with Gasteiger partial charge in [-0.15, -0.1) is 0 Å². The lowest BCUT2D eigenvalue weighted by atomic mass is 10.1. The van der Waals surface area contributed by atoms with Crippen LogP contribution in [0.3, 0.4) is 0 Å². The number of carbonyl (C=O) groups excluding carboxylic acids is 1. The molecule has 0 aromatic rings. The van der Waals surface area contributed by atoms with Gasteiger partial charge in [-0.3, -0.25) is 0 Å². The molecule has 1 aliphatic rings. The van der Waals surface area contributed by atoms with E-state index in [9.17, 15) is 9.18 Å². The van der Waals surface area contributed by atoms with Crippen molar-refractivity contribution in [2.24, 2.45) is 0 Å². The fourth-order valence-electron chi connectivity index (χ4n) is 1.19. The lowest BCUT2D eigenvalue weighted by Gasteiger charge is -2.25. The SMILES string of the molecule is CCC(C)(F)C(=O)OC1CCCCO1. The minimum Gasteiger partial charge on any atom is -0.433 e. The van der Waals surface area contributed by atoms with Crippen molar-refractivity contribution in [2.45, 2.75) is 51.5 Å². The van der Waals surface area contributed by atoms with E-state index in [1.165, 1.54) is 6.92 Å². The van der Waals surface area contributed by atoms with Crippen molar-refractivity contribution in [3.8, 4) is 0 Å². The Morgan fingerprint density at radius 1 is 1.64 bits per heavy atom. The zero-order chi connectivity index (χ0) is 10.6. The summed E-state index contributed by atoms with van der Waals surface area (Å²) in [7, 11) is 0. The van der Waals surface area contributed by atoms with Crippen LogP contribution in [0, 0.1) is 0 Å². The van der Waals surface area contributed by atoms with E-state index in [1.54, 1.807) is 6.92 Å². The van der Waals surface area contributed by atoms with E-state index >= 15 is 0 Å². The third-order valence-corrected chi connectivity index (χ3v) is 2.47. The van der Waals surface area contributed by atoms with E-state index < -0.39 is 17.9 Å². The Bertz CT molecular complexity index is 198. The van der Waals surface area contributed by atoms with E-state index in [1.807, 2.05) is 0 Å². The van der Waals surface area contributed by atoms with Crippen LogP contribution in [0.5, 0.6) is 0 Å². The predicted octanol–water partition coefficient (Wildman–Crippen LogP) is 2.19. The van der Waals surface area contributed by atoms with Gasteiger partial charge >= 0.3 is 5.97 Å². The molecule has 0 N–H and O–H groups in total. The number of ether oxygens (including phenoxy) is 2. The summed E-state index contributed by atoms with van der Waals surface area (Å²) in [6.45, 7) is 3.44. The first-order valence-electron chi connectivity index (χ1n) is 5.08. The molecule has 0 saturated carbocycles. The zero-order valence-corrected chi connectivity index (χ0v) is 8.72. The Labute approximate surface area is 83.6 Å². The van der Waals surface area contributed by atoms with E-state index in [-0.39, 0.29) is 6.42 Å². The molecule has 2 unspecified atom stereocenters. The largest absolute Gasteiger partial charge is 0.433 e. The van der Waals surface area contributed by atoms with Crippen LogP contribution in [0.4, 0.5) is 4.39 Å². The molecule has 0 radical (unpaired) electrons. The second-order valence-electron chi connectivity index (χ2n) is 3.75. The summed E-state index contributed by atoms with van der Waals surface area (Å²) in [5, 5.41) is 0. The van der Waals surface area contributed by atoms with Gasteiger partial charge in [-0.2, -0.15) is 0 Å². The molecule has 0 aromatic carbocycles. The fraction of sp³-hybridized carbons (Fsp3) is 0.900. The Hall–Kier alpha value is -0.640. The average molecular weight is 204 g/mol. The van der Waals surface area contributed by atoms with Crippen LogP contribution < -0.4 is 0 Å². The highest BCUT2D eigenvalue weighted by Gasteiger charge is 2.34. The fourth-order valence-corrected chi connectivity index (χ4v) is 1.19. The molecule has 14 heavy (non-hydrogen) atoms. The minimum absolute atomic E-state index is 0.124. The molecule has 1 heterocycles. The third-order valence-electron chi connectivity index (χ3n) is 2.47. The van der Waals surface area contributed by atoms with Crippen molar-refractivity contribution in [3.63, 3.8) is 0 Å². The number of halogens is 1. The highest BCUT2D eigenvalue weighted by atomic mass is 19.1. The summed E-state index contributed by atoms with van der Waals surface area (Å²) < 4.78 is 23.5. The predicted molar refractivity (Wildman–Crippen MR) is 49.5 cm³/mol. The summed E-state index contributed by atoms with van der Waals surface area (Å²) in [6.07, 6.45) is 2.20. The van der Waals surface area contributed by atoms with E-state index in [4.69, 9.17) is 9.47 Å². The number of carbonyl (C=O) groups is 1. The summed E-state index contributed by atoms with van der Waals surface area (Å²) >= 11 is 0. The molecule has 0 aromatic heterocycles. The normalized spacial score (nSPS) is 26.6. The maximum absolute atomic E-state index is 13.4. The van der Waals surface area contributed by atoms with Crippen molar-refractivity contribution in [1.29, 1.82) is 0 Å². The molecule has 0 spiro atoms. The quantitative estimate of drug-likeness (QED) is 0.661. The molecule has 0 aliphatic carbocycles. The van der Waals surface area contributed by atoms with Crippen LogP contribution in [0.15, 0.2) is 0 Å². The Morgan fingerprint density at radius 3 is 2.86 bits per heavy atom. The number of esters is 1. The number of rotatable bonds is 3. The van der Waals surface area contributed by atoms with Gasteiger partial charge in [0.2, 0.25) is 12.0 Å². The molecule has 1 rings (SSSR count). The third kappa shape index (κ3) is 2.94. The van der Waals surface area contributed by atoms with Crippen molar-refractivity contribution >= 4 is 5.97 Å². The van der Waals surface area contributed by atoms with Crippen LogP contribution in [0.25, 0.3) is 0 Å². The summed E-state index contributed by atoms with van der Waals surface area (Å²) in [5.41, 5.74) is -1.89. The molecule has 82 valence electrons. The smallest absolute Gasteiger partial charge is 0.345 e. The molecule has 1 fully saturated rings. The number of hydrogen-bond donors (Lipinski definition) is 0. The Morgan fingerprint density at radius 2 is 2.36 bits per heavy atom. The van der Waals surface area contributed by atoms with E-state index in [0.29, 0.717) is 13.0 Å². The first kappa shape index (κ1) is 11.4. The van der Waals surface area contributed by atoms with Gasteiger partial charge in [0.25, 0.3) is 0 Å². The molecule has 1 aliphatic heterocycles. The van der Waals surface area contributed by atoms with Crippen molar-refractivity contribution in [2.75, 3.05) is 6.61 Å². The van der Waals surface area contributed by atoms with Crippen LogP contribution in [-0.4, -0.2) is 24.5 Å². The molecule has 0 bridgehead atoms. The highest BCUT2D eigenvalue weighted by molar-refractivity contribution is 5.78. The molecular formula is C10H17FO3. The second-order valence-corrected chi connectivity index (χ2v) is 3.75. The minimum atomic E-state index is -1.89. The summed E-state index contributed by atoms with van der Waals surface area (Å²) in [4.78, 5) is 11.3. The van der Waals surface area contributed by atoms with Gasteiger partial charge in [0.1, 0.15) is 0 Å².